The number of benzene rings is 1. The van der Waals surface area contributed by atoms with Crippen LogP contribution in [-0.4, -0.2) is 22.1 Å². The third kappa shape index (κ3) is 2.60. The van der Waals surface area contributed by atoms with Crippen molar-refractivity contribution >= 4 is 5.91 Å². The summed E-state index contributed by atoms with van der Waals surface area (Å²) in [5, 5.41) is 12.9. The van der Waals surface area contributed by atoms with Crippen molar-refractivity contribution in [3.63, 3.8) is 0 Å². The molecule has 1 aromatic carbocycles. The van der Waals surface area contributed by atoms with Crippen LogP contribution in [0.3, 0.4) is 0 Å². The first-order valence-corrected chi connectivity index (χ1v) is 6.82. The molecule has 5 heteroatoms. The number of pyridine rings is 1. The summed E-state index contributed by atoms with van der Waals surface area (Å²) in [5.74, 6) is -0.357. The molecule has 0 radical (unpaired) electrons. The number of aromatic nitrogens is 1. The van der Waals surface area contributed by atoms with Gasteiger partial charge < -0.3 is 15.4 Å². The standard InChI is InChI=1S/C16H16N2O3/c1-9-6-11(8-14(20)17-9)16(21)18-15-12-5-3-2-4-10(12)7-13(15)19/h2-6,8,13,15,19H,7H2,1H3,(H,17,20)(H,18,21). The van der Waals surface area contributed by atoms with Crippen LogP contribution < -0.4 is 10.9 Å². The lowest BCUT2D eigenvalue weighted by atomic mass is 10.1. The van der Waals surface area contributed by atoms with Crippen LogP contribution in [0.4, 0.5) is 0 Å². The van der Waals surface area contributed by atoms with Gasteiger partial charge in [0.2, 0.25) is 5.56 Å². The molecule has 0 bridgehead atoms. The van der Waals surface area contributed by atoms with E-state index in [4.69, 9.17) is 0 Å². The van der Waals surface area contributed by atoms with Crippen LogP contribution in [0, 0.1) is 6.92 Å². The molecule has 5 nitrogen and oxygen atoms in total. The number of hydrogen-bond donors (Lipinski definition) is 3. The predicted molar refractivity (Wildman–Crippen MR) is 78.2 cm³/mol. The zero-order valence-corrected chi connectivity index (χ0v) is 11.6. The van der Waals surface area contributed by atoms with Crippen molar-refractivity contribution in [2.24, 2.45) is 0 Å². The Labute approximate surface area is 121 Å². The van der Waals surface area contributed by atoms with E-state index >= 15 is 0 Å². The Balaban J connectivity index is 1.86. The van der Waals surface area contributed by atoms with E-state index in [1.807, 2.05) is 24.3 Å². The third-order valence-electron chi connectivity index (χ3n) is 3.73. The summed E-state index contributed by atoms with van der Waals surface area (Å²) >= 11 is 0. The summed E-state index contributed by atoms with van der Waals surface area (Å²) in [6.07, 6.45) is -0.121. The maximum atomic E-state index is 12.3. The quantitative estimate of drug-likeness (QED) is 0.771. The number of aromatic amines is 1. The molecular formula is C16H16N2O3. The molecule has 1 aliphatic carbocycles. The van der Waals surface area contributed by atoms with Gasteiger partial charge in [0.15, 0.2) is 0 Å². The Hall–Kier alpha value is -2.40. The average Bonchev–Trinajstić information content (AvgIpc) is 2.74. The second-order valence-electron chi connectivity index (χ2n) is 5.34. The maximum Gasteiger partial charge on any atom is 0.252 e. The van der Waals surface area contributed by atoms with E-state index in [1.54, 1.807) is 13.0 Å². The number of amides is 1. The van der Waals surface area contributed by atoms with E-state index in [2.05, 4.69) is 10.3 Å². The number of carbonyl (C=O) groups is 1. The lowest BCUT2D eigenvalue weighted by Gasteiger charge is -2.18. The van der Waals surface area contributed by atoms with Gasteiger partial charge in [-0.1, -0.05) is 24.3 Å². The highest BCUT2D eigenvalue weighted by Gasteiger charge is 2.32. The number of hydrogen-bond acceptors (Lipinski definition) is 3. The fourth-order valence-corrected chi connectivity index (χ4v) is 2.79. The van der Waals surface area contributed by atoms with Crippen LogP contribution >= 0.6 is 0 Å². The van der Waals surface area contributed by atoms with Gasteiger partial charge in [-0.05, 0) is 24.1 Å². The van der Waals surface area contributed by atoms with Crippen LogP contribution in [0.25, 0.3) is 0 Å². The van der Waals surface area contributed by atoms with Crippen LogP contribution in [0.15, 0.2) is 41.2 Å². The summed E-state index contributed by atoms with van der Waals surface area (Å²) in [5.41, 5.74) is 2.58. The Morgan fingerprint density at radius 1 is 1.33 bits per heavy atom. The number of H-pyrrole nitrogens is 1. The normalized spacial score (nSPS) is 20.1. The molecule has 1 heterocycles. The summed E-state index contributed by atoms with van der Waals surface area (Å²) < 4.78 is 0. The van der Waals surface area contributed by atoms with Gasteiger partial charge >= 0.3 is 0 Å². The topological polar surface area (TPSA) is 82.2 Å². The zero-order chi connectivity index (χ0) is 15.0. The molecule has 108 valence electrons. The van der Waals surface area contributed by atoms with Gasteiger partial charge in [0.1, 0.15) is 0 Å². The Kier molecular flexibility index (Phi) is 3.35. The maximum absolute atomic E-state index is 12.3. The van der Waals surface area contributed by atoms with Crippen LogP contribution in [0.5, 0.6) is 0 Å². The second-order valence-corrected chi connectivity index (χ2v) is 5.34. The lowest BCUT2D eigenvalue weighted by Crippen LogP contribution is -2.34. The molecule has 3 rings (SSSR count). The molecule has 0 spiro atoms. The van der Waals surface area contributed by atoms with Gasteiger partial charge in [0.05, 0.1) is 12.1 Å². The number of aryl methyl sites for hydroxylation is 1. The Morgan fingerprint density at radius 3 is 2.86 bits per heavy atom. The van der Waals surface area contributed by atoms with Crippen molar-refractivity contribution in [3.05, 3.63) is 69.1 Å². The molecule has 0 fully saturated rings. The highest BCUT2D eigenvalue weighted by atomic mass is 16.3. The van der Waals surface area contributed by atoms with Crippen molar-refractivity contribution in [1.29, 1.82) is 0 Å². The SMILES string of the molecule is Cc1cc(C(=O)NC2c3ccccc3CC2O)cc(=O)[nH]1. The molecule has 0 aliphatic heterocycles. The molecule has 21 heavy (non-hydrogen) atoms. The van der Waals surface area contributed by atoms with Crippen molar-refractivity contribution in [3.8, 4) is 0 Å². The number of nitrogens with one attached hydrogen (secondary N) is 2. The Morgan fingerprint density at radius 2 is 2.10 bits per heavy atom. The van der Waals surface area contributed by atoms with Gasteiger partial charge in [-0.25, -0.2) is 0 Å². The first-order chi connectivity index (χ1) is 10.0. The fourth-order valence-electron chi connectivity index (χ4n) is 2.79. The lowest BCUT2D eigenvalue weighted by molar-refractivity contribution is 0.0858. The Bertz CT molecular complexity index is 751. The number of rotatable bonds is 2. The van der Waals surface area contributed by atoms with E-state index in [0.717, 1.165) is 11.1 Å². The van der Waals surface area contributed by atoms with E-state index < -0.39 is 12.1 Å². The summed E-state index contributed by atoms with van der Waals surface area (Å²) in [4.78, 5) is 26.3. The molecule has 1 aromatic heterocycles. The van der Waals surface area contributed by atoms with Crippen molar-refractivity contribution < 1.29 is 9.90 Å². The minimum absolute atomic E-state index is 0.299. The molecular weight excluding hydrogens is 268 g/mol. The van der Waals surface area contributed by atoms with Gasteiger partial charge in [0.25, 0.3) is 5.91 Å². The number of aliphatic hydroxyl groups is 1. The second kappa shape index (κ2) is 5.18. The number of aliphatic hydroxyl groups excluding tert-OH is 1. The number of fused-ring (bicyclic) bond motifs is 1. The summed E-state index contributed by atoms with van der Waals surface area (Å²) in [7, 11) is 0. The van der Waals surface area contributed by atoms with Gasteiger partial charge in [-0.2, -0.15) is 0 Å². The largest absolute Gasteiger partial charge is 0.390 e. The van der Waals surface area contributed by atoms with E-state index in [9.17, 15) is 14.7 Å². The first kappa shape index (κ1) is 13.6. The monoisotopic (exact) mass is 284 g/mol. The minimum atomic E-state index is -0.644. The molecule has 2 unspecified atom stereocenters. The minimum Gasteiger partial charge on any atom is -0.390 e. The predicted octanol–water partition coefficient (Wildman–Crippen LogP) is 1.07. The van der Waals surface area contributed by atoms with Crippen LogP contribution in [-0.2, 0) is 6.42 Å². The van der Waals surface area contributed by atoms with Gasteiger partial charge in [-0.15, -0.1) is 0 Å². The molecule has 0 saturated heterocycles. The summed E-state index contributed by atoms with van der Waals surface area (Å²) in [6.45, 7) is 1.72. The molecule has 2 aromatic rings. The highest BCUT2D eigenvalue weighted by Crippen LogP contribution is 2.31. The highest BCUT2D eigenvalue weighted by molar-refractivity contribution is 5.94. The van der Waals surface area contributed by atoms with Crippen molar-refractivity contribution in [2.75, 3.05) is 0 Å². The number of carbonyl (C=O) groups excluding carboxylic acids is 1. The first-order valence-electron chi connectivity index (χ1n) is 6.82. The third-order valence-corrected chi connectivity index (χ3v) is 3.73. The van der Waals surface area contributed by atoms with Crippen LogP contribution in [0.1, 0.15) is 33.2 Å². The van der Waals surface area contributed by atoms with Gasteiger partial charge in [-0.3, -0.25) is 9.59 Å². The van der Waals surface area contributed by atoms with E-state index in [-0.39, 0.29) is 11.5 Å². The average molecular weight is 284 g/mol. The van der Waals surface area contributed by atoms with Crippen molar-refractivity contribution in [1.82, 2.24) is 10.3 Å². The molecule has 3 N–H and O–H groups in total. The van der Waals surface area contributed by atoms with E-state index in [0.29, 0.717) is 17.7 Å². The smallest absolute Gasteiger partial charge is 0.252 e. The van der Waals surface area contributed by atoms with Crippen LogP contribution in [0.2, 0.25) is 0 Å². The van der Waals surface area contributed by atoms with E-state index in [1.165, 1.54) is 6.07 Å². The molecule has 1 amide bonds. The molecule has 0 saturated carbocycles. The van der Waals surface area contributed by atoms with Crippen molar-refractivity contribution in [2.45, 2.75) is 25.5 Å². The molecule has 1 aliphatic rings. The van der Waals surface area contributed by atoms with Gasteiger partial charge in [0, 0.05) is 23.7 Å². The fraction of sp³-hybridized carbons (Fsp3) is 0.250. The molecule has 2 atom stereocenters. The zero-order valence-electron chi connectivity index (χ0n) is 11.6. The summed E-state index contributed by atoms with van der Waals surface area (Å²) in [6, 6.07) is 10.1.